The fourth-order valence-corrected chi connectivity index (χ4v) is 5.03. The number of hydrogen-bond acceptors (Lipinski definition) is 5. The van der Waals surface area contributed by atoms with Crippen molar-refractivity contribution in [2.75, 3.05) is 24.0 Å². The Morgan fingerprint density at radius 1 is 0.850 bits per heavy atom. The van der Waals surface area contributed by atoms with E-state index in [-0.39, 0.29) is 22.8 Å². The van der Waals surface area contributed by atoms with E-state index in [4.69, 9.17) is 4.74 Å². The average molecular weight is 562 g/mol. The van der Waals surface area contributed by atoms with Gasteiger partial charge in [0.05, 0.1) is 12.0 Å². The molecule has 0 aliphatic heterocycles. The van der Waals surface area contributed by atoms with E-state index in [9.17, 15) is 22.4 Å². The van der Waals surface area contributed by atoms with Gasteiger partial charge in [-0.05, 0) is 41.5 Å². The summed E-state index contributed by atoms with van der Waals surface area (Å²) in [6.07, 6.45) is 1.36. The monoisotopic (exact) mass is 561 g/mol. The van der Waals surface area contributed by atoms with Crippen LogP contribution in [0.3, 0.4) is 0 Å². The summed E-state index contributed by atoms with van der Waals surface area (Å²) in [4.78, 5) is 26.2. The number of benzene rings is 4. The fourth-order valence-electron chi connectivity index (χ4n) is 4.12. The van der Waals surface area contributed by atoms with Crippen LogP contribution in [0.5, 0.6) is 5.75 Å². The molecular weight excluding hydrogens is 533 g/mol. The summed E-state index contributed by atoms with van der Waals surface area (Å²) in [6.45, 7) is 0. The van der Waals surface area contributed by atoms with Crippen molar-refractivity contribution in [2.24, 2.45) is 0 Å². The lowest BCUT2D eigenvalue weighted by molar-refractivity contribution is -0.117. The van der Waals surface area contributed by atoms with Crippen LogP contribution < -0.4 is 20.7 Å². The van der Waals surface area contributed by atoms with E-state index in [0.717, 1.165) is 17.9 Å². The van der Waals surface area contributed by atoms with Crippen LogP contribution in [0.15, 0.2) is 102 Å². The zero-order valence-electron chi connectivity index (χ0n) is 21.8. The van der Waals surface area contributed by atoms with Crippen LogP contribution in [-0.2, 0) is 21.1 Å². The first-order valence-corrected chi connectivity index (χ1v) is 14.2. The summed E-state index contributed by atoms with van der Waals surface area (Å²) in [5.74, 6) is -1.07. The van der Waals surface area contributed by atoms with E-state index in [2.05, 4.69) is 16.0 Å². The van der Waals surface area contributed by atoms with E-state index in [0.29, 0.717) is 16.8 Å². The van der Waals surface area contributed by atoms with Crippen molar-refractivity contribution in [2.45, 2.75) is 17.4 Å². The van der Waals surface area contributed by atoms with Crippen LogP contribution in [0, 0.1) is 5.82 Å². The molecule has 4 aromatic carbocycles. The highest BCUT2D eigenvalue weighted by Gasteiger charge is 2.22. The molecule has 4 aromatic rings. The highest BCUT2D eigenvalue weighted by atomic mass is 32.2. The van der Waals surface area contributed by atoms with Crippen molar-refractivity contribution in [1.29, 1.82) is 0 Å². The Morgan fingerprint density at radius 3 is 2.15 bits per heavy atom. The summed E-state index contributed by atoms with van der Waals surface area (Å²) >= 11 is 0. The first-order chi connectivity index (χ1) is 19.1. The Kier molecular flexibility index (Phi) is 8.80. The molecule has 0 aromatic heterocycles. The third kappa shape index (κ3) is 7.23. The van der Waals surface area contributed by atoms with Gasteiger partial charge in [0, 0.05) is 35.7 Å². The van der Waals surface area contributed by atoms with Gasteiger partial charge in [0.25, 0.3) is 0 Å². The van der Waals surface area contributed by atoms with Crippen LogP contribution in [0.25, 0.3) is 11.1 Å². The maximum absolute atomic E-state index is 14.0. The molecule has 3 N–H and O–H groups in total. The lowest BCUT2D eigenvalue weighted by atomic mass is 10.0. The van der Waals surface area contributed by atoms with Crippen molar-refractivity contribution in [3.8, 4) is 16.9 Å². The summed E-state index contributed by atoms with van der Waals surface area (Å²) < 4.78 is 43.3. The Bertz CT molecular complexity index is 1610. The number of sulfone groups is 1. The molecule has 0 saturated heterocycles. The number of amides is 3. The van der Waals surface area contributed by atoms with Gasteiger partial charge in [0.1, 0.15) is 6.04 Å². The number of hydrogen-bond donors (Lipinski definition) is 3. The van der Waals surface area contributed by atoms with Crippen LogP contribution >= 0.6 is 0 Å². The fraction of sp³-hybridized carbons (Fsp3) is 0.133. The summed E-state index contributed by atoms with van der Waals surface area (Å²) in [5.41, 5.74) is 2.70. The molecule has 0 aliphatic rings. The predicted molar refractivity (Wildman–Crippen MR) is 153 cm³/mol. The summed E-state index contributed by atoms with van der Waals surface area (Å²) in [5, 5.41) is 8.00. The number of halogens is 1. The Hall–Kier alpha value is -4.70. The molecule has 0 fully saturated rings. The van der Waals surface area contributed by atoms with Crippen LogP contribution in [0.1, 0.15) is 5.56 Å². The standard InChI is InChI=1S/C30H28FN3O5S/c1-39-27-17-16-23(19-25(27)31)33-30(36)34-26(18-20-8-4-3-5-9-20)29(35)32-22-14-12-21(13-15-22)24-10-6-7-11-28(24)40(2,37)38/h3-17,19,26H,18H2,1-2H3,(H,32,35)(H2,33,34,36)/t26-/m0/s1. The molecule has 1 atom stereocenters. The van der Waals surface area contributed by atoms with Gasteiger partial charge in [0.2, 0.25) is 5.91 Å². The smallest absolute Gasteiger partial charge is 0.319 e. The molecule has 40 heavy (non-hydrogen) atoms. The van der Waals surface area contributed by atoms with Gasteiger partial charge in [-0.1, -0.05) is 60.7 Å². The third-order valence-electron chi connectivity index (χ3n) is 6.06. The zero-order valence-corrected chi connectivity index (χ0v) is 22.7. The first-order valence-electron chi connectivity index (χ1n) is 12.3. The van der Waals surface area contributed by atoms with E-state index < -0.39 is 33.6 Å². The van der Waals surface area contributed by atoms with Crippen LogP contribution in [0.4, 0.5) is 20.6 Å². The number of ether oxygens (including phenoxy) is 1. The largest absolute Gasteiger partial charge is 0.494 e. The number of nitrogens with one attached hydrogen (secondary N) is 3. The molecule has 0 aliphatic carbocycles. The molecule has 206 valence electrons. The van der Waals surface area contributed by atoms with Crippen molar-refractivity contribution in [1.82, 2.24) is 5.32 Å². The number of urea groups is 1. The number of methoxy groups -OCH3 is 1. The molecule has 3 amide bonds. The first kappa shape index (κ1) is 28.3. The zero-order chi connectivity index (χ0) is 28.7. The molecule has 0 spiro atoms. The summed E-state index contributed by atoms with van der Waals surface area (Å²) in [7, 11) is -2.09. The number of rotatable bonds is 9. The third-order valence-corrected chi connectivity index (χ3v) is 7.22. The second kappa shape index (κ2) is 12.4. The van der Waals surface area contributed by atoms with Gasteiger partial charge < -0.3 is 20.7 Å². The quantitative estimate of drug-likeness (QED) is 0.258. The van der Waals surface area contributed by atoms with E-state index in [1.807, 2.05) is 30.3 Å². The van der Waals surface area contributed by atoms with Gasteiger partial charge >= 0.3 is 6.03 Å². The van der Waals surface area contributed by atoms with E-state index in [1.54, 1.807) is 48.5 Å². The van der Waals surface area contributed by atoms with Gasteiger partial charge in [-0.15, -0.1) is 0 Å². The van der Waals surface area contributed by atoms with Crippen molar-refractivity contribution in [3.63, 3.8) is 0 Å². The molecule has 0 heterocycles. The average Bonchev–Trinajstić information content (AvgIpc) is 2.93. The van der Waals surface area contributed by atoms with Gasteiger partial charge in [-0.3, -0.25) is 4.79 Å². The van der Waals surface area contributed by atoms with Gasteiger partial charge in [-0.2, -0.15) is 0 Å². The van der Waals surface area contributed by atoms with Crippen molar-refractivity contribution < 1.29 is 27.1 Å². The maximum Gasteiger partial charge on any atom is 0.319 e. The Labute approximate surface area is 232 Å². The molecule has 10 heteroatoms. The van der Waals surface area contributed by atoms with Gasteiger partial charge in [-0.25, -0.2) is 17.6 Å². The minimum Gasteiger partial charge on any atom is -0.494 e. The SMILES string of the molecule is COc1ccc(NC(=O)N[C@@H](Cc2ccccc2)C(=O)Nc2ccc(-c3ccccc3S(C)(=O)=O)cc2)cc1F. The molecule has 8 nitrogen and oxygen atoms in total. The van der Waals surface area contributed by atoms with E-state index >= 15 is 0 Å². The molecule has 0 radical (unpaired) electrons. The number of anilines is 2. The summed E-state index contributed by atoms with van der Waals surface area (Å²) in [6, 6.07) is 25.0. The Balaban J connectivity index is 1.50. The Morgan fingerprint density at radius 2 is 1.50 bits per heavy atom. The highest BCUT2D eigenvalue weighted by Crippen LogP contribution is 2.28. The molecule has 0 saturated carbocycles. The normalized spacial score (nSPS) is 11.8. The minimum atomic E-state index is -3.43. The van der Waals surface area contributed by atoms with Crippen LogP contribution in [-0.4, -0.2) is 39.8 Å². The second-order valence-corrected chi connectivity index (χ2v) is 11.0. The second-order valence-electron chi connectivity index (χ2n) is 9.03. The lowest BCUT2D eigenvalue weighted by Crippen LogP contribution is -2.46. The van der Waals surface area contributed by atoms with Crippen LogP contribution in [0.2, 0.25) is 0 Å². The molecule has 0 bridgehead atoms. The lowest BCUT2D eigenvalue weighted by Gasteiger charge is -2.19. The minimum absolute atomic E-state index is 0.0399. The van der Waals surface area contributed by atoms with Crippen molar-refractivity contribution in [3.05, 3.63) is 108 Å². The topological polar surface area (TPSA) is 114 Å². The molecule has 4 rings (SSSR count). The number of carbonyl (C=O) groups excluding carboxylic acids is 2. The van der Waals surface area contributed by atoms with E-state index in [1.165, 1.54) is 19.2 Å². The molecular formula is C30H28FN3O5S. The van der Waals surface area contributed by atoms with Crippen molar-refractivity contribution >= 4 is 33.2 Å². The number of carbonyl (C=O) groups is 2. The van der Waals surface area contributed by atoms with Gasteiger partial charge in [0.15, 0.2) is 21.4 Å². The molecule has 0 unspecified atom stereocenters. The highest BCUT2D eigenvalue weighted by molar-refractivity contribution is 7.90. The predicted octanol–water partition coefficient (Wildman–Crippen LogP) is 5.28. The maximum atomic E-state index is 14.0.